The third-order valence-electron chi connectivity index (χ3n) is 4.47. The Hall–Kier alpha value is -0.590. The zero-order valence-corrected chi connectivity index (χ0v) is 12.5. The van der Waals surface area contributed by atoms with E-state index in [9.17, 15) is 5.26 Å². The summed E-state index contributed by atoms with van der Waals surface area (Å²) >= 11 is 0. The molecule has 0 aromatic rings. The molecule has 104 valence electrons. The third-order valence-corrected chi connectivity index (χ3v) is 4.47. The van der Waals surface area contributed by atoms with Gasteiger partial charge in [0, 0.05) is 6.04 Å². The van der Waals surface area contributed by atoms with Crippen LogP contribution in [0.2, 0.25) is 0 Å². The van der Waals surface area contributed by atoms with Crippen molar-refractivity contribution in [2.45, 2.75) is 64.5 Å². The van der Waals surface area contributed by atoms with Crippen LogP contribution in [0, 0.1) is 17.2 Å². The number of nitrogens with zero attached hydrogens (tertiary/aromatic N) is 2. The highest BCUT2D eigenvalue weighted by molar-refractivity contribution is 5.04. The van der Waals surface area contributed by atoms with Gasteiger partial charge >= 0.3 is 0 Å². The van der Waals surface area contributed by atoms with Crippen molar-refractivity contribution in [3.63, 3.8) is 0 Å². The molecule has 3 nitrogen and oxygen atoms in total. The maximum atomic E-state index is 9.21. The zero-order chi connectivity index (χ0) is 13.6. The summed E-state index contributed by atoms with van der Waals surface area (Å²) in [5.41, 5.74) is -0.389. The lowest BCUT2D eigenvalue weighted by atomic mass is 9.89. The standard InChI is InChI=1S/C15H29N3/c1-5-6-14-7-9-18(10-8-14)13(2)11-15(3,12-16)17-4/h13-14,17H,5-11H2,1-4H3. The van der Waals surface area contributed by atoms with Crippen molar-refractivity contribution < 1.29 is 0 Å². The van der Waals surface area contributed by atoms with Gasteiger partial charge in [0.05, 0.1) is 6.07 Å². The minimum absolute atomic E-state index is 0.389. The zero-order valence-electron chi connectivity index (χ0n) is 12.5. The number of rotatable bonds is 6. The van der Waals surface area contributed by atoms with E-state index < -0.39 is 0 Å². The Kier molecular flexibility index (Phi) is 6.11. The first-order valence-corrected chi connectivity index (χ1v) is 7.39. The van der Waals surface area contributed by atoms with Gasteiger partial charge in [-0.15, -0.1) is 0 Å². The van der Waals surface area contributed by atoms with Crippen molar-refractivity contribution in [3.8, 4) is 6.07 Å². The number of nitriles is 1. The highest BCUT2D eigenvalue weighted by Crippen LogP contribution is 2.25. The van der Waals surface area contributed by atoms with Crippen LogP contribution < -0.4 is 5.32 Å². The number of hydrogen-bond acceptors (Lipinski definition) is 3. The second-order valence-corrected chi connectivity index (χ2v) is 6.02. The normalized spacial score (nSPS) is 23.3. The Morgan fingerprint density at radius 1 is 1.44 bits per heavy atom. The molecule has 0 spiro atoms. The largest absolute Gasteiger partial charge is 0.303 e. The van der Waals surface area contributed by atoms with Crippen LogP contribution in [0.25, 0.3) is 0 Å². The van der Waals surface area contributed by atoms with Gasteiger partial charge in [-0.2, -0.15) is 5.26 Å². The lowest BCUT2D eigenvalue weighted by Gasteiger charge is -2.38. The predicted octanol–water partition coefficient (Wildman–Crippen LogP) is 2.78. The molecule has 1 aliphatic rings. The predicted molar refractivity (Wildman–Crippen MR) is 76.4 cm³/mol. The van der Waals surface area contributed by atoms with Gasteiger partial charge in [-0.05, 0) is 59.2 Å². The van der Waals surface area contributed by atoms with Crippen molar-refractivity contribution in [3.05, 3.63) is 0 Å². The minimum Gasteiger partial charge on any atom is -0.303 e. The summed E-state index contributed by atoms with van der Waals surface area (Å²) in [5, 5.41) is 12.4. The van der Waals surface area contributed by atoms with Gasteiger partial charge in [-0.3, -0.25) is 0 Å². The molecule has 1 N–H and O–H groups in total. The van der Waals surface area contributed by atoms with Gasteiger partial charge in [0.2, 0.25) is 0 Å². The lowest BCUT2D eigenvalue weighted by Crippen LogP contribution is -2.47. The number of likely N-dealkylation sites (tertiary alicyclic amines) is 1. The average molecular weight is 251 g/mol. The SMILES string of the molecule is CCCC1CCN(C(C)CC(C)(C#N)NC)CC1. The Morgan fingerprint density at radius 3 is 2.50 bits per heavy atom. The molecule has 0 bridgehead atoms. The molecule has 3 heteroatoms. The van der Waals surface area contributed by atoms with E-state index in [0.717, 1.165) is 12.3 Å². The van der Waals surface area contributed by atoms with Crippen LogP contribution in [0.1, 0.15) is 52.9 Å². The fourth-order valence-electron chi connectivity index (χ4n) is 3.01. The fraction of sp³-hybridized carbons (Fsp3) is 0.933. The third kappa shape index (κ3) is 4.26. The molecular weight excluding hydrogens is 222 g/mol. The quantitative estimate of drug-likeness (QED) is 0.789. The summed E-state index contributed by atoms with van der Waals surface area (Å²) in [7, 11) is 1.88. The van der Waals surface area contributed by atoms with Crippen LogP contribution >= 0.6 is 0 Å². The smallest absolute Gasteiger partial charge is 0.105 e. The Labute approximate surface area is 113 Å². The Bertz CT molecular complexity index is 276. The first-order valence-electron chi connectivity index (χ1n) is 7.39. The molecule has 2 unspecified atom stereocenters. The number of hydrogen-bond donors (Lipinski definition) is 1. The van der Waals surface area contributed by atoms with Crippen molar-refractivity contribution in [1.29, 1.82) is 5.26 Å². The Morgan fingerprint density at radius 2 is 2.06 bits per heavy atom. The molecule has 0 saturated carbocycles. The van der Waals surface area contributed by atoms with E-state index in [-0.39, 0.29) is 5.54 Å². The van der Waals surface area contributed by atoms with Crippen LogP contribution in [0.4, 0.5) is 0 Å². The molecule has 2 atom stereocenters. The van der Waals surface area contributed by atoms with Gasteiger partial charge < -0.3 is 10.2 Å². The van der Waals surface area contributed by atoms with Gasteiger partial charge in [0.15, 0.2) is 0 Å². The van der Waals surface area contributed by atoms with Gasteiger partial charge in [-0.1, -0.05) is 19.8 Å². The summed E-state index contributed by atoms with van der Waals surface area (Å²) in [4.78, 5) is 2.55. The fourth-order valence-corrected chi connectivity index (χ4v) is 3.01. The molecule has 1 saturated heterocycles. The Balaban J connectivity index is 2.41. The van der Waals surface area contributed by atoms with E-state index in [1.807, 2.05) is 14.0 Å². The second-order valence-electron chi connectivity index (χ2n) is 6.02. The van der Waals surface area contributed by atoms with Crippen LogP contribution in [0.3, 0.4) is 0 Å². The molecule has 0 aliphatic carbocycles. The van der Waals surface area contributed by atoms with Crippen molar-refractivity contribution in [2.75, 3.05) is 20.1 Å². The van der Waals surface area contributed by atoms with Crippen LogP contribution in [0.5, 0.6) is 0 Å². The molecule has 1 fully saturated rings. The maximum Gasteiger partial charge on any atom is 0.105 e. The van der Waals surface area contributed by atoms with E-state index in [1.54, 1.807) is 0 Å². The first kappa shape index (κ1) is 15.5. The molecule has 0 amide bonds. The van der Waals surface area contributed by atoms with Gasteiger partial charge in [-0.25, -0.2) is 0 Å². The van der Waals surface area contributed by atoms with Crippen molar-refractivity contribution >= 4 is 0 Å². The molecule has 0 aromatic heterocycles. The summed E-state index contributed by atoms with van der Waals surface area (Å²) in [5.74, 6) is 0.935. The molecule has 0 radical (unpaired) electrons. The second kappa shape index (κ2) is 7.11. The highest BCUT2D eigenvalue weighted by atomic mass is 15.2. The van der Waals surface area contributed by atoms with Gasteiger partial charge in [0.25, 0.3) is 0 Å². The summed E-state index contributed by atoms with van der Waals surface area (Å²) in [6, 6.07) is 2.88. The maximum absolute atomic E-state index is 9.21. The average Bonchev–Trinajstić information content (AvgIpc) is 2.39. The van der Waals surface area contributed by atoms with Crippen molar-refractivity contribution in [1.82, 2.24) is 10.2 Å². The number of piperidine rings is 1. The number of nitrogens with one attached hydrogen (secondary N) is 1. The summed E-state index contributed by atoms with van der Waals surface area (Å²) < 4.78 is 0. The molecule has 18 heavy (non-hydrogen) atoms. The van der Waals surface area contributed by atoms with E-state index >= 15 is 0 Å². The highest BCUT2D eigenvalue weighted by Gasteiger charge is 2.29. The molecule has 1 aliphatic heterocycles. The van der Waals surface area contributed by atoms with E-state index in [2.05, 4.69) is 30.1 Å². The van der Waals surface area contributed by atoms with Crippen molar-refractivity contribution in [2.24, 2.45) is 5.92 Å². The van der Waals surface area contributed by atoms with E-state index in [4.69, 9.17) is 0 Å². The van der Waals surface area contributed by atoms with Gasteiger partial charge in [0.1, 0.15) is 5.54 Å². The molecule has 1 rings (SSSR count). The van der Waals surface area contributed by atoms with E-state index in [0.29, 0.717) is 6.04 Å². The van der Waals surface area contributed by atoms with Crippen LogP contribution in [-0.2, 0) is 0 Å². The van der Waals surface area contributed by atoms with Crippen LogP contribution in [0.15, 0.2) is 0 Å². The molecule has 0 aromatic carbocycles. The molecular formula is C15H29N3. The molecule has 1 heterocycles. The lowest BCUT2D eigenvalue weighted by molar-refractivity contribution is 0.120. The summed E-state index contributed by atoms with van der Waals surface area (Å²) in [6.45, 7) is 8.94. The first-order chi connectivity index (χ1) is 8.54. The monoisotopic (exact) mass is 251 g/mol. The topological polar surface area (TPSA) is 39.1 Å². The minimum atomic E-state index is -0.389. The van der Waals surface area contributed by atoms with Crippen LogP contribution in [-0.4, -0.2) is 36.6 Å². The van der Waals surface area contributed by atoms with E-state index in [1.165, 1.54) is 38.8 Å². The summed E-state index contributed by atoms with van der Waals surface area (Å²) in [6.07, 6.45) is 6.27.